The number of benzene rings is 1. The quantitative estimate of drug-likeness (QED) is 0.239. The van der Waals surface area contributed by atoms with Crippen LogP contribution in [0.1, 0.15) is 71.1 Å². The fourth-order valence-corrected chi connectivity index (χ4v) is 4.34. The van der Waals surface area contributed by atoms with Gasteiger partial charge in [0.2, 0.25) is 11.8 Å². The number of para-hydroxylation sites is 1. The number of carboxylic acid groups (broad SMARTS) is 1. The average molecular weight is 481 g/mol. The Kier molecular flexibility index (Phi) is 16.8. The van der Waals surface area contributed by atoms with Crippen molar-refractivity contribution in [2.45, 2.75) is 76.4 Å². The third-order valence-corrected chi connectivity index (χ3v) is 6.34. The Hall–Kier alpha value is -2.22. The van der Waals surface area contributed by atoms with Crippen LogP contribution < -0.4 is 15.4 Å². The maximum absolute atomic E-state index is 12.4. The van der Waals surface area contributed by atoms with Crippen LogP contribution in [-0.4, -0.2) is 53.6 Å². The number of unbranched alkanes of at least 4 members (excludes halogenated alkanes) is 6. The summed E-state index contributed by atoms with van der Waals surface area (Å²) < 4.78 is 5.53. The summed E-state index contributed by atoms with van der Waals surface area (Å²) in [4.78, 5) is 35.3. The second kappa shape index (κ2) is 19.3. The Balaban J connectivity index is 2.07. The molecule has 2 amide bonds. The first-order valence-electron chi connectivity index (χ1n) is 12.1. The molecule has 3 N–H and O–H groups in total. The van der Waals surface area contributed by atoms with E-state index >= 15 is 0 Å². The molecule has 8 heteroatoms. The Morgan fingerprint density at radius 2 is 1.67 bits per heavy atom. The Morgan fingerprint density at radius 1 is 0.939 bits per heavy atom. The highest BCUT2D eigenvalue weighted by atomic mass is 32.2. The fraction of sp³-hybridized carbons (Fsp3) is 0.640. The first-order valence-corrected chi connectivity index (χ1v) is 13.1. The number of aliphatic carboxylic acids is 1. The van der Waals surface area contributed by atoms with Crippen molar-refractivity contribution in [3.05, 3.63) is 30.3 Å². The lowest BCUT2D eigenvalue weighted by atomic mass is 10.2. The van der Waals surface area contributed by atoms with E-state index in [1.807, 2.05) is 30.3 Å². The SMILES string of the molecule is CCCCCCCSC(CC(=O)O)C(=O)NCCCCCC(=O)NCCOc1ccccc1. The Bertz CT molecular complexity index is 672. The molecule has 33 heavy (non-hydrogen) atoms. The van der Waals surface area contributed by atoms with Gasteiger partial charge in [0, 0.05) is 13.0 Å². The van der Waals surface area contributed by atoms with Crippen molar-refractivity contribution in [3.8, 4) is 5.75 Å². The van der Waals surface area contributed by atoms with Gasteiger partial charge in [0.05, 0.1) is 18.2 Å². The van der Waals surface area contributed by atoms with Crippen LogP contribution in [0.4, 0.5) is 0 Å². The number of hydrogen-bond acceptors (Lipinski definition) is 5. The molecular formula is C25H40N2O5S. The molecule has 0 fully saturated rings. The van der Waals surface area contributed by atoms with E-state index in [1.165, 1.54) is 31.0 Å². The van der Waals surface area contributed by atoms with Gasteiger partial charge in [0.1, 0.15) is 12.4 Å². The molecule has 0 aliphatic heterocycles. The minimum Gasteiger partial charge on any atom is -0.492 e. The zero-order chi connectivity index (χ0) is 24.2. The summed E-state index contributed by atoms with van der Waals surface area (Å²) in [7, 11) is 0. The number of ether oxygens (including phenoxy) is 1. The first-order chi connectivity index (χ1) is 16.0. The molecule has 1 atom stereocenters. The summed E-state index contributed by atoms with van der Waals surface area (Å²) in [6.45, 7) is 3.56. The van der Waals surface area contributed by atoms with E-state index in [0.29, 0.717) is 26.1 Å². The molecule has 0 bridgehead atoms. The largest absolute Gasteiger partial charge is 0.492 e. The zero-order valence-corrected chi connectivity index (χ0v) is 20.7. The normalized spacial score (nSPS) is 11.5. The summed E-state index contributed by atoms with van der Waals surface area (Å²) in [6, 6.07) is 9.47. The molecule has 1 aromatic carbocycles. The Morgan fingerprint density at radius 3 is 2.39 bits per heavy atom. The fourth-order valence-electron chi connectivity index (χ4n) is 3.19. The number of nitrogens with one attached hydrogen (secondary N) is 2. The summed E-state index contributed by atoms with van der Waals surface area (Å²) >= 11 is 1.44. The highest BCUT2D eigenvalue weighted by Crippen LogP contribution is 2.18. The third-order valence-electron chi connectivity index (χ3n) is 5.04. The molecule has 0 radical (unpaired) electrons. The van der Waals surface area contributed by atoms with E-state index < -0.39 is 11.2 Å². The standard InChI is InChI=1S/C25H40N2O5S/c1-2-3-4-5-12-19-33-22(20-24(29)30)25(31)27-16-11-7-10-15-23(28)26-17-18-32-21-13-8-6-9-14-21/h6,8-9,13-14,22H,2-5,7,10-12,15-20H2,1H3,(H,26,28)(H,27,31)(H,29,30). The summed E-state index contributed by atoms with van der Waals surface area (Å²) in [5.41, 5.74) is 0. The van der Waals surface area contributed by atoms with Crippen LogP contribution in [0.2, 0.25) is 0 Å². The predicted molar refractivity (Wildman–Crippen MR) is 134 cm³/mol. The average Bonchev–Trinajstić information content (AvgIpc) is 2.80. The van der Waals surface area contributed by atoms with Crippen LogP contribution in [0, 0.1) is 0 Å². The number of carboxylic acids is 1. The maximum Gasteiger partial charge on any atom is 0.305 e. The van der Waals surface area contributed by atoms with E-state index in [4.69, 9.17) is 9.84 Å². The molecule has 0 spiro atoms. The molecule has 0 saturated heterocycles. The van der Waals surface area contributed by atoms with Crippen molar-refractivity contribution >= 4 is 29.5 Å². The van der Waals surface area contributed by atoms with Gasteiger partial charge in [-0.2, -0.15) is 0 Å². The summed E-state index contributed by atoms with van der Waals surface area (Å²) in [6.07, 6.45) is 8.33. The van der Waals surface area contributed by atoms with Gasteiger partial charge >= 0.3 is 5.97 Å². The molecule has 0 aliphatic carbocycles. The van der Waals surface area contributed by atoms with Gasteiger partial charge in [-0.25, -0.2) is 0 Å². The number of thioether (sulfide) groups is 1. The molecular weight excluding hydrogens is 440 g/mol. The van der Waals surface area contributed by atoms with E-state index in [9.17, 15) is 14.4 Å². The first kappa shape index (κ1) is 28.8. The van der Waals surface area contributed by atoms with Crippen molar-refractivity contribution in [2.24, 2.45) is 0 Å². The van der Waals surface area contributed by atoms with Crippen LogP contribution in [0.3, 0.4) is 0 Å². The van der Waals surface area contributed by atoms with Gasteiger partial charge < -0.3 is 20.5 Å². The van der Waals surface area contributed by atoms with Crippen LogP contribution in [-0.2, 0) is 14.4 Å². The van der Waals surface area contributed by atoms with Crippen molar-refractivity contribution in [3.63, 3.8) is 0 Å². The minimum absolute atomic E-state index is 0.00689. The van der Waals surface area contributed by atoms with Gasteiger partial charge in [0.25, 0.3) is 0 Å². The molecule has 0 heterocycles. The van der Waals surface area contributed by atoms with E-state index in [-0.39, 0.29) is 18.2 Å². The van der Waals surface area contributed by atoms with Gasteiger partial charge in [-0.15, -0.1) is 11.8 Å². The molecule has 1 unspecified atom stereocenters. The van der Waals surface area contributed by atoms with Gasteiger partial charge in [-0.1, -0.05) is 57.2 Å². The smallest absolute Gasteiger partial charge is 0.305 e. The molecule has 0 aliphatic rings. The molecule has 1 rings (SSSR count). The number of hydrogen-bond donors (Lipinski definition) is 3. The lowest BCUT2D eigenvalue weighted by Crippen LogP contribution is -2.35. The molecule has 0 saturated carbocycles. The van der Waals surface area contributed by atoms with E-state index in [0.717, 1.165) is 43.6 Å². The van der Waals surface area contributed by atoms with Crippen molar-refractivity contribution in [2.75, 3.05) is 25.4 Å². The maximum atomic E-state index is 12.4. The molecule has 7 nitrogen and oxygen atoms in total. The summed E-state index contributed by atoms with van der Waals surface area (Å²) in [5.74, 6) is 0.430. The van der Waals surface area contributed by atoms with Crippen LogP contribution >= 0.6 is 11.8 Å². The second-order valence-corrected chi connectivity index (χ2v) is 9.30. The monoisotopic (exact) mass is 480 g/mol. The number of carbonyl (C=O) groups is 3. The van der Waals surface area contributed by atoms with Gasteiger partial charge in [0.15, 0.2) is 0 Å². The zero-order valence-electron chi connectivity index (χ0n) is 19.9. The highest BCUT2D eigenvalue weighted by molar-refractivity contribution is 8.00. The van der Waals surface area contributed by atoms with Gasteiger partial charge in [-0.05, 0) is 37.1 Å². The van der Waals surface area contributed by atoms with Crippen LogP contribution in [0.25, 0.3) is 0 Å². The van der Waals surface area contributed by atoms with Crippen molar-refractivity contribution in [1.82, 2.24) is 10.6 Å². The van der Waals surface area contributed by atoms with Gasteiger partial charge in [-0.3, -0.25) is 14.4 Å². The highest BCUT2D eigenvalue weighted by Gasteiger charge is 2.21. The minimum atomic E-state index is -0.950. The predicted octanol–water partition coefficient (Wildman–Crippen LogP) is 4.41. The van der Waals surface area contributed by atoms with Crippen LogP contribution in [0.15, 0.2) is 30.3 Å². The van der Waals surface area contributed by atoms with Crippen molar-refractivity contribution in [1.29, 1.82) is 0 Å². The lowest BCUT2D eigenvalue weighted by molar-refractivity contribution is -0.138. The molecule has 0 aromatic heterocycles. The number of carbonyl (C=O) groups excluding carboxylic acids is 2. The topological polar surface area (TPSA) is 105 Å². The Labute approximate surface area is 202 Å². The van der Waals surface area contributed by atoms with E-state index in [2.05, 4.69) is 17.6 Å². The molecule has 186 valence electrons. The van der Waals surface area contributed by atoms with Crippen LogP contribution in [0.5, 0.6) is 5.75 Å². The third kappa shape index (κ3) is 16.1. The molecule has 1 aromatic rings. The second-order valence-electron chi connectivity index (χ2n) is 7.98. The lowest BCUT2D eigenvalue weighted by Gasteiger charge is -2.15. The number of rotatable bonds is 20. The number of amides is 2. The summed E-state index contributed by atoms with van der Waals surface area (Å²) in [5, 5.41) is 14.2. The van der Waals surface area contributed by atoms with E-state index in [1.54, 1.807) is 0 Å². The van der Waals surface area contributed by atoms with Crippen molar-refractivity contribution < 1.29 is 24.2 Å².